The number of primary amides is 1. The van der Waals surface area contributed by atoms with Crippen molar-refractivity contribution in [2.75, 3.05) is 18.0 Å². The van der Waals surface area contributed by atoms with Crippen LogP contribution in [0.1, 0.15) is 44.3 Å². The summed E-state index contributed by atoms with van der Waals surface area (Å²) in [6.07, 6.45) is 2.77. The van der Waals surface area contributed by atoms with Gasteiger partial charge in [0.2, 0.25) is 5.91 Å². The van der Waals surface area contributed by atoms with Crippen molar-refractivity contribution in [2.24, 2.45) is 11.7 Å². The van der Waals surface area contributed by atoms with Gasteiger partial charge in [-0.2, -0.15) is 0 Å². The summed E-state index contributed by atoms with van der Waals surface area (Å²) in [6, 6.07) is 8.05. The number of nitrogens with two attached hydrogens (primary N) is 1. The largest absolute Gasteiger partial charge is 0.388 e. The number of carbonyl (C=O) groups excluding carboxylic acids is 1. The van der Waals surface area contributed by atoms with E-state index in [4.69, 9.17) is 5.73 Å². The zero-order chi connectivity index (χ0) is 14.5. The second-order valence-corrected chi connectivity index (χ2v) is 5.58. The average Bonchev–Trinajstić information content (AvgIpc) is 2.46. The number of aliphatic hydroxyl groups is 1. The van der Waals surface area contributed by atoms with Crippen molar-refractivity contribution in [3.63, 3.8) is 0 Å². The maximum atomic E-state index is 11.0. The van der Waals surface area contributed by atoms with Crippen molar-refractivity contribution in [3.8, 4) is 0 Å². The molecule has 0 saturated carbocycles. The normalized spacial score (nSPS) is 18.0. The van der Waals surface area contributed by atoms with Crippen LogP contribution in [0.4, 0.5) is 5.69 Å². The van der Waals surface area contributed by atoms with Crippen LogP contribution in [0, 0.1) is 5.92 Å². The molecule has 0 radical (unpaired) electrons. The maximum absolute atomic E-state index is 11.0. The molecule has 0 spiro atoms. The summed E-state index contributed by atoms with van der Waals surface area (Å²) in [7, 11) is 0. The molecule has 1 aromatic carbocycles. The van der Waals surface area contributed by atoms with Gasteiger partial charge in [0.15, 0.2) is 0 Å². The van der Waals surface area contributed by atoms with E-state index in [9.17, 15) is 9.90 Å². The van der Waals surface area contributed by atoms with E-state index in [1.165, 1.54) is 0 Å². The van der Waals surface area contributed by atoms with Crippen molar-refractivity contribution in [2.45, 2.75) is 38.7 Å². The molecule has 110 valence electrons. The number of hydrogen-bond donors (Lipinski definition) is 2. The van der Waals surface area contributed by atoms with E-state index in [2.05, 4.69) is 11.0 Å². The second kappa shape index (κ2) is 6.75. The Labute approximate surface area is 120 Å². The molecule has 0 aromatic heterocycles. The van der Waals surface area contributed by atoms with Crippen LogP contribution in [-0.4, -0.2) is 24.1 Å². The summed E-state index contributed by atoms with van der Waals surface area (Å²) in [5.41, 5.74) is 7.39. The molecule has 1 saturated heterocycles. The van der Waals surface area contributed by atoms with Gasteiger partial charge >= 0.3 is 0 Å². The van der Waals surface area contributed by atoms with Gasteiger partial charge in [-0.25, -0.2) is 0 Å². The molecule has 1 aliphatic heterocycles. The van der Waals surface area contributed by atoms with Crippen LogP contribution < -0.4 is 10.6 Å². The van der Waals surface area contributed by atoms with Crippen LogP contribution in [0.25, 0.3) is 0 Å². The quantitative estimate of drug-likeness (QED) is 0.866. The van der Waals surface area contributed by atoms with Crippen LogP contribution >= 0.6 is 0 Å². The molecule has 1 fully saturated rings. The highest BCUT2D eigenvalue weighted by Gasteiger charge is 2.23. The summed E-state index contributed by atoms with van der Waals surface area (Å²) in [5, 5.41) is 10.1. The van der Waals surface area contributed by atoms with E-state index in [0.29, 0.717) is 12.3 Å². The molecule has 2 rings (SSSR count). The average molecular weight is 276 g/mol. The van der Waals surface area contributed by atoms with Crippen LogP contribution in [0.5, 0.6) is 0 Å². The molecular formula is C16H24N2O2. The monoisotopic (exact) mass is 276 g/mol. The summed E-state index contributed by atoms with van der Waals surface area (Å²) in [6.45, 7) is 3.83. The molecule has 1 unspecified atom stereocenters. The minimum atomic E-state index is -0.408. The fourth-order valence-corrected chi connectivity index (χ4v) is 2.94. The van der Waals surface area contributed by atoms with Crippen molar-refractivity contribution in [1.29, 1.82) is 0 Å². The second-order valence-electron chi connectivity index (χ2n) is 5.58. The van der Waals surface area contributed by atoms with Crippen LogP contribution in [-0.2, 0) is 4.79 Å². The molecule has 4 nitrogen and oxygen atoms in total. The number of para-hydroxylation sites is 1. The first-order chi connectivity index (χ1) is 9.61. The van der Waals surface area contributed by atoms with Crippen molar-refractivity contribution >= 4 is 11.6 Å². The number of carbonyl (C=O) groups is 1. The number of nitrogens with zero attached hydrogens (tertiary/aromatic N) is 1. The number of aliphatic hydroxyl groups excluding tert-OH is 1. The van der Waals surface area contributed by atoms with Crippen LogP contribution in [0.2, 0.25) is 0 Å². The fraction of sp³-hybridized carbons (Fsp3) is 0.562. The van der Waals surface area contributed by atoms with Crippen molar-refractivity contribution in [3.05, 3.63) is 29.8 Å². The Morgan fingerprint density at radius 3 is 2.65 bits per heavy atom. The highest BCUT2D eigenvalue weighted by Crippen LogP contribution is 2.31. The van der Waals surface area contributed by atoms with E-state index in [1.54, 1.807) is 0 Å². The highest BCUT2D eigenvalue weighted by molar-refractivity contribution is 5.74. The number of anilines is 1. The van der Waals surface area contributed by atoms with E-state index in [1.807, 2.05) is 25.1 Å². The third-order valence-corrected chi connectivity index (χ3v) is 4.13. The SMILES string of the molecule is CCC(O)c1ccccc1N1CCC(CC(N)=O)CC1. The minimum Gasteiger partial charge on any atom is -0.388 e. The van der Waals surface area contributed by atoms with Gasteiger partial charge in [0.05, 0.1) is 6.10 Å². The molecule has 20 heavy (non-hydrogen) atoms. The molecule has 1 heterocycles. The Hall–Kier alpha value is -1.55. The summed E-state index contributed by atoms with van der Waals surface area (Å²) in [5.74, 6) is 0.206. The zero-order valence-electron chi connectivity index (χ0n) is 12.1. The maximum Gasteiger partial charge on any atom is 0.217 e. The molecule has 1 aliphatic rings. The van der Waals surface area contributed by atoms with Crippen LogP contribution in [0.3, 0.4) is 0 Å². The van der Waals surface area contributed by atoms with Gasteiger partial charge in [-0.05, 0) is 31.2 Å². The van der Waals surface area contributed by atoms with Gasteiger partial charge in [0, 0.05) is 30.8 Å². The standard InChI is InChI=1S/C16H24N2O2/c1-2-15(19)13-5-3-4-6-14(13)18-9-7-12(8-10-18)11-16(17)20/h3-6,12,15,19H,2,7-11H2,1H3,(H2,17,20). The zero-order valence-corrected chi connectivity index (χ0v) is 12.1. The first kappa shape index (κ1) is 14.9. The van der Waals surface area contributed by atoms with Gasteiger partial charge in [-0.15, -0.1) is 0 Å². The number of hydrogen-bond acceptors (Lipinski definition) is 3. The minimum absolute atomic E-state index is 0.203. The lowest BCUT2D eigenvalue weighted by Crippen LogP contribution is -2.35. The lowest BCUT2D eigenvalue weighted by molar-refractivity contribution is -0.119. The number of rotatable bonds is 5. The lowest BCUT2D eigenvalue weighted by atomic mass is 9.92. The predicted octanol–water partition coefficient (Wildman–Crippen LogP) is 2.22. The first-order valence-corrected chi connectivity index (χ1v) is 7.42. The van der Waals surface area contributed by atoms with Gasteiger partial charge in [0.1, 0.15) is 0 Å². The smallest absolute Gasteiger partial charge is 0.217 e. The Morgan fingerprint density at radius 2 is 2.05 bits per heavy atom. The molecular weight excluding hydrogens is 252 g/mol. The van der Waals surface area contributed by atoms with Crippen molar-refractivity contribution < 1.29 is 9.90 Å². The molecule has 1 atom stereocenters. The summed E-state index contributed by atoms with van der Waals surface area (Å²) in [4.78, 5) is 13.3. The van der Waals surface area contributed by atoms with Gasteiger partial charge < -0.3 is 15.7 Å². The third kappa shape index (κ3) is 3.51. The summed E-state index contributed by atoms with van der Waals surface area (Å²) >= 11 is 0. The van der Waals surface area contributed by atoms with Gasteiger partial charge in [0.25, 0.3) is 0 Å². The van der Waals surface area contributed by atoms with Crippen LogP contribution in [0.15, 0.2) is 24.3 Å². The summed E-state index contributed by atoms with van der Waals surface area (Å²) < 4.78 is 0. The van der Waals surface area contributed by atoms with E-state index in [-0.39, 0.29) is 5.91 Å². The molecule has 4 heteroatoms. The Kier molecular flexibility index (Phi) is 5.01. The molecule has 0 aliphatic carbocycles. The lowest BCUT2D eigenvalue weighted by Gasteiger charge is -2.35. The van der Waals surface area contributed by atoms with E-state index < -0.39 is 6.10 Å². The molecule has 1 amide bonds. The molecule has 1 aromatic rings. The van der Waals surface area contributed by atoms with E-state index in [0.717, 1.165) is 43.6 Å². The number of benzene rings is 1. The molecule has 3 N–H and O–H groups in total. The van der Waals surface area contributed by atoms with Gasteiger partial charge in [-0.3, -0.25) is 4.79 Å². The molecule has 0 bridgehead atoms. The van der Waals surface area contributed by atoms with Crippen molar-refractivity contribution in [1.82, 2.24) is 0 Å². The highest BCUT2D eigenvalue weighted by atomic mass is 16.3. The topological polar surface area (TPSA) is 66.6 Å². The fourth-order valence-electron chi connectivity index (χ4n) is 2.94. The number of piperidine rings is 1. The number of amides is 1. The van der Waals surface area contributed by atoms with Gasteiger partial charge in [-0.1, -0.05) is 25.1 Å². The Bertz CT molecular complexity index is 454. The van der Waals surface area contributed by atoms with E-state index >= 15 is 0 Å². The Balaban J connectivity index is 2.05. The predicted molar refractivity (Wildman–Crippen MR) is 80.4 cm³/mol. The third-order valence-electron chi connectivity index (χ3n) is 4.13. The first-order valence-electron chi connectivity index (χ1n) is 7.42. The Morgan fingerprint density at radius 1 is 1.40 bits per heavy atom.